The Balaban J connectivity index is 4.44. The lowest BCUT2D eigenvalue weighted by atomic mass is 9.80. The molecule has 0 aliphatic heterocycles. The smallest absolute Gasteiger partial charge is 0.226 e. The molecular formula is C11H23NO. The number of hydrogen-bond donors (Lipinski definition) is 1. The van der Waals surface area contributed by atoms with Crippen molar-refractivity contribution in [3.63, 3.8) is 0 Å². The zero-order chi connectivity index (χ0) is 10.9. The third kappa shape index (κ3) is 3.79. The van der Waals surface area contributed by atoms with E-state index in [1.165, 1.54) is 0 Å². The lowest BCUT2D eigenvalue weighted by Crippen LogP contribution is -2.48. The van der Waals surface area contributed by atoms with Crippen LogP contribution in [0.25, 0.3) is 0 Å². The fraction of sp³-hybridized carbons (Fsp3) is 0.909. The van der Waals surface area contributed by atoms with Crippen molar-refractivity contribution in [2.24, 2.45) is 11.3 Å². The summed E-state index contributed by atoms with van der Waals surface area (Å²) in [7, 11) is 0. The summed E-state index contributed by atoms with van der Waals surface area (Å²) in [6.45, 7) is 14.1. The van der Waals surface area contributed by atoms with Crippen molar-refractivity contribution >= 4 is 5.91 Å². The predicted molar refractivity (Wildman–Crippen MR) is 56.5 cm³/mol. The highest BCUT2D eigenvalue weighted by atomic mass is 16.2. The molecular weight excluding hydrogens is 162 g/mol. The Morgan fingerprint density at radius 1 is 1.08 bits per heavy atom. The number of hydrogen-bond acceptors (Lipinski definition) is 1. The zero-order valence-corrected chi connectivity index (χ0v) is 9.99. The first-order valence-corrected chi connectivity index (χ1v) is 4.90. The molecule has 0 saturated heterocycles. The number of nitrogens with one attached hydrogen (secondary N) is 1. The molecule has 0 rings (SSSR count). The quantitative estimate of drug-likeness (QED) is 0.704. The van der Waals surface area contributed by atoms with Gasteiger partial charge in [0.25, 0.3) is 0 Å². The van der Waals surface area contributed by atoms with Crippen LogP contribution in [0.2, 0.25) is 0 Å². The van der Waals surface area contributed by atoms with Crippen LogP contribution in [-0.2, 0) is 4.79 Å². The number of rotatable bonds is 2. The third-order valence-electron chi connectivity index (χ3n) is 2.52. The topological polar surface area (TPSA) is 29.1 Å². The van der Waals surface area contributed by atoms with Crippen LogP contribution in [0.15, 0.2) is 0 Å². The molecule has 2 heteroatoms. The number of amides is 1. The predicted octanol–water partition coefficient (Wildman–Crippen LogP) is 2.58. The van der Waals surface area contributed by atoms with Gasteiger partial charge >= 0.3 is 0 Å². The van der Waals surface area contributed by atoms with Gasteiger partial charge < -0.3 is 5.32 Å². The molecule has 13 heavy (non-hydrogen) atoms. The highest BCUT2D eigenvalue weighted by Crippen LogP contribution is 2.26. The zero-order valence-electron chi connectivity index (χ0n) is 9.99. The third-order valence-corrected chi connectivity index (χ3v) is 2.52. The van der Waals surface area contributed by atoms with Crippen LogP contribution in [0.5, 0.6) is 0 Å². The maximum absolute atomic E-state index is 11.8. The molecule has 0 unspecified atom stereocenters. The highest BCUT2D eigenvalue weighted by Gasteiger charge is 2.32. The molecule has 0 aromatic carbocycles. The largest absolute Gasteiger partial charge is 0.351 e. The number of carbonyl (C=O) groups excluding carboxylic acids is 1. The molecule has 0 atom stereocenters. The van der Waals surface area contributed by atoms with Crippen molar-refractivity contribution < 1.29 is 4.79 Å². The van der Waals surface area contributed by atoms with Gasteiger partial charge in [-0.05, 0) is 26.7 Å². The minimum Gasteiger partial charge on any atom is -0.351 e. The Morgan fingerprint density at radius 3 is 1.69 bits per heavy atom. The van der Waals surface area contributed by atoms with Crippen molar-refractivity contribution in [2.75, 3.05) is 0 Å². The van der Waals surface area contributed by atoms with Gasteiger partial charge in [0.1, 0.15) is 0 Å². The first kappa shape index (κ1) is 12.5. The van der Waals surface area contributed by atoms with E-state index in [2.05, 4.69) is 19.2 Å². The molecule has 0 aliphatic rings. The van der Waals surface area contributed by atoms with Crippen LogP contribution in [0.1, 0.15) is 48.5 Å². The molecule has 0 aromatic heterocycles. The van der Waals surface area contributed by atoms with E-state index >= 15 is 0 Å². The summed E-state index contributed by atoms with van der Waals surface area (Å²) in [5.41, 5.74) is -0.420. The molecule has 0 bridgehead atoms. The van der Waals surface area contributed by atoms with Crippen LogP contribution in [-0.4, -0.2) is 11.4 Å². The highest BCUT2D eigenvalue weighted by molar-refractivity contribution is 5.82. The van der Waals surface area contributed by atoms with Crippen molar-refractivity contribution in [1.29, 1.82) is 0 Å². The summed E-state index contributed by atoms with van der Waals surface area (Å²) in [5.74, 6) is 0.491. The monoisotopic (exact) mass is 185 g/mol. The van der Waals surface area contributed by atoms with Crippen LogP contribution in [0.3, 0.4) is 0 Å². The van der Waals surface area contributed by atoms with E-state index in [4.69, 9.17) is 0 Å². The van der Waals surface area contributed by atoms with E-state index < -0.39 is 0 Å². The van der Waals surface area contributed by atoms with Gasteiger partial charge in [-0.25, -0.2) is 0 Å². The van der Waals surface area contributed by atoms with Gasteiger partial charge in [-0.3, -0.25) is 4.79 Å². The van der Waals surface area contributed by atoms with Gasteiger partial charge in [-0.2, -0.15) is 0 Å². The molecule has 2 nitrogen and oxygen atoms in total. The maximum atomic E-state index is 11.8. The standard InChI is InChI=1S/C11H23NO/c1-8(2)11(6,7)9(13)12-10(3,4)5/h8H,1-7H3,(H,12,13). The van der Waals surface area contributed by atoms with E-state index in [-0.39, 0.29) is 16.9 Å². The van der Waals surface area contributed by atoms with Crippen LogP contribution >= 0.6 is 0 Å². The van der Waals surface area contributed by atoms with Crippen molar-refractivity contribution in [3.05, 3.63) is 0 Å². The SMILES string of the molecule is CC(C)C(C)(C)C(=O)NC(C)(C)C. The van der Waals surface area contributed by atoms with Gasteiger partial charge in [-0.15, -0.1) is 0 Å². The van der Waals surface area contributed by atoms with E-state index in [0.29, 0.717) is 5.92 Å². The average molecular weight is 185 g/mol. The van der Waals surface area contributed by atoms with Gasteiger partial charge in [0.2, 0.25) is 5.91 Å². The molecule has 0 aliphatic carbocycles. The Labute approximate surface area is 82.1 Å². The second kappa shape index (κ2) is 3.69. The summed E-state index contributed by atoms with van der Waals surface area (Å²) in [6, 6.07) is 0. The average Bonchev–Trinajstić information content (AvgIpc) is 1.82. The molecule has 0 aromatic rings. The molecule has 1 amide bonds. The lowest BCUT2D eigenvalue weighted by molar-refractivity contribution is -0.133. The van der Waals surface area contributed by atoms with E-state index in [1.807, 2.05) is 34.6 Å². The molecule has 78 valence electrons. The second-order valence-corrected chi connectivity index (χ2v) is 5.58. The maximum Gasteiger partial charge on any atom is 0.226 e. The number of carbonyl (C=O) groups is 1. The second-order valence-electron chi connectivity index (χ2n) is 5.58. The van der Waals surface area contributed by atoms with Gasteiger partial charge in [-0.1, -0.05) is 27.7 Å². The van der Waals surface area contributed by atoms with Crippen LogP contribution in [0.4, 0.5) is 0 Å². The molecule has 0 spiro atoms. The first-order valence-electron chi connectivity index (χ1n) is 4.90. The molecule has 0 radical (unpaired) electrons. The summed E-state index contributed by atoms with van der Waals surface area (Å²) < 4.78 is 0. The van der Waals surface area contributed by atoms with Crippen molar-refractivity contribution in [3.8, 4) is 0 Å². The lowest BCUT2D eigenvalue weighted by Gasteiger charge is -2.32. The Kier molecular flexibility index (Phi) is 3.54. The molecule has 0 fully saturated rings. The van der Waals surface area contributed by atoms with E-state index in [0.717, 1.165) is 0 Å². The minimum absolute atomic E-state index is 0.134. The summed E-state index contributed by atoms with van der Waals surface area (Å²) in [5, 5.41) is 3.00. The normalized spacial score (nSPS) is 13.2. The van der Waals surface area contributed by atoms with Gasteiger partial charge in [0.05, 0.1) is 0 Å². The van der Waals surface area contributed by atoms with E-state index in [1.54, 1.807) is 0 Å². The van der Waals surface area contributed by atoms with Crippen molar-refractivity contribution in [2.45, 2.75) is 54.0 Å². The summed E-state index contributed by atoms with van der Waals surface area (Å²) >= 11 is 0. The minimum atomic E-state index is -0.284. The fourth-order valence-corrected chi connectivity index (χ4v) is 0.764. The molecule has 0 heterocycles. The van der Waals surface area contributed by atoms with Gasteiger partial charge in [0, 0.05) is 11.0 Å². The Bertz CT molecular complexity index is 187. The summed E-state index contributed by atoms with van der Waals surface area (Å²) in [6.07, 6.45) is 0. The van der Waals surface area contributed by atoms with Crippen LogP contribution in [0, 0.1) is 11.3 Å². The first-order chi connectivity index (χ1) is 5.57. The molecule has 1 N–H and O–H groups in total. The van der Waals surface area contributed by atoms with Crippen LogP contribution < -0.4 is 5.32 Å². The van der Waals surface area contributed by atoms with E-state index in [9.17, 15) is 4.79 Å². The summed E-state index contributed by atoms with van der Waals surface area (Å²) in [4.78, 5) is 11.8. The fourth-order valence-electron chi connectivity index (χ4n) is 0.764. The Hall–Kier alpha value is -0.530. The molecule has 0 saturated carbocycles. The Morgan fingerprint density at radius 2 is 1.46 bits per heavy atom. The van der Waals surface area contributed by atoms with Crippen molar-refractivity contribution in [1.82, 2.24) is 5.32 Å². The van der Waals surface area contributed by atoms with Gasteiger partial charge in [0.15, 0.2) is 0 Å².